The summed E-state index contributed by atoms with van der Waals surface area (Å²) in [5.41, 5.74) is 4.04. The lowest BCUT2D eigenvalue weighted by molar-refractivity contribution is 0.0224. The maximum atomic E-state index is 12.7. The highest BCUT2D eigenvalue weighted by molar-refractivity contribution is 6.28. The fourth-order valence-electron chi connectivity index (χ4n) is 11.5. The summed E-state index contributed by atoms with van der Waals surface area (Å²) in [6, 6.07) is 45.6. The van der Waals surface area contributed by atoms with Crippen molar-refractivity contribution in [2.24, 2.45) is 0 Å². The molecular formula is C85H101ClN12O13. The molecule has 3 aliphatic heterocycles. The Morgan fingerprint density at radius 3 is 1.10 bits per heavy atom. The zero-order chi connectivity index (χ0) is 79.1. The second-order valence-corrected chi connectivity index (χ2v) is 28.0. The molecule has 4 N–H and O–H groups in total. The lowest BCUT2D eigenvalue weighted by Gasteiger charge is -2.29. The number of anilines is 3. The molecule has 586 valence electrons. The van der Waals surface area contributed by atoms with Crippen molar-refractivity contribution in [1.82, 2.24) is 45.0 Å². The molecule has 3 saturated heterocycles. The number of hydrogen-bond donors (Lipinski definition) is 4. The summed E-state index contributed by atoms with van der Waals surface area (Å²) in [7, 11) is 9.81. The van der Waals surface area contributed by atoms with Gasteiger partial charge in [-0.1, -0.05) is 61.2 Å². The highest BCUT2D eigenvalue weighted by Crippen LogP contribution is 2.34. The van der Waals surface area contributed by atoms with E-state index in [0.717, 1.165) is 102 Å². The van der Waals surface area contributed by atoms with Crippen LogP contribution >= 0.6 is 11.6 Å². The molecule has 0 unspecified atom stereocenters. The van der Waals surface area contributed by atoms with Gasteiger partial charge in [-0.05, 0) is 236 Å². The van der Waals surface area contributed by atoms with Crippen LogP contribution in [-0.4, -0.2) is 163 Å². The smallest absolute Gasteiger partial charge is 0.410 e. The molecule has 3 aromatic heterocycles. The van der Waals surface area contributed by atoms with Gasteiger partial charge in [0, 0.05) is 38.8 Å². The van der Waals surface area contributed by atoms with Crippen LogP contribution in [0.15, 0.2) is 171 Å². The number of amides is 2. The minimum absolute atomic E-state index is 0.00404. The molecule has 3 atom stereocenters. The SMILES string of the molecule is C=Cc1ccc(OC)cc1.COc1ccc(C=Cc2ncc(NC[C@@H]3CCCN3)c(Oc3ccc(OC)cc3)n2)cc1.COc1ccc(C=Cc2ncc(NC[C@@H]3CCCN3C(=O)OC(C)(C)C)c(Oc3ccc(OC)cc3)n2)cc1.COc1ccc(Oc2nc(Cl)ncc2NC[C@@H]2CCCN2C(=O)OC(C)(C)C)cc1. The van der Waals surface area contributed by atoms with Crippen molar-refractivity contribution >= 4 is 71.2 Å². The Bertz CT molecular complexity index is 4450. The summed E-state index contributed by atoms with van der Waals surface area (Å²) in [6.45, 7) is 19.1. The van der Waals surface area contributed by atoms with Gasteiger partial charge < -0.3 is 83.2 Å². The van der Waals surface area contributed by atoms with Crippen molar-refractivity contribution in [2.75, 3.05) is 97.9 Å². The van der Waals surface area contributed by atoms with Crippen LogP contribution in [0.4, 0.5) is 26.7 Å². The molecule has 111 heavy (non-hydrogen) atoms. The van der Waals surface area contributed by atoms with E-state index in [9.17, 15) is 9.59 Å². The molecule has 6 aromatic carbocycles. The molecule has 3 fully saturated rings. The van der Waals surface area contributed by atoms with E-state index in [1.165, 1.54) is 6.42 Å². The predicted molar refractivity (Wildman–Crippen MR) is 436 cm³/mol. The van der Waals surface area contributed by atoms with Crippen molar-refractivity contribution in [3.63, 3.8) is 0 Å². The third-order valence-electron chi connectivity index (χ3n) is 17.3. The van der Waals surface area contributed by atoms with Crippen molar-refractivity contribution in [3.8, 4) is 69.4 Å². The molecule has 12 rings (SSSR count). The quantitative estimate of drug-likeness (QED) is 0.0367. The van der Waals surface area contributed by atoms with Gasteiger partial charge in [-0.2, -0.15) is 15.0 Å². The maximum absolute atomic E-state index is 12.7. The second-order valence-electron chi connectivity index (χ2n) is 27.7. The Labute approximate surface area is 655 Å². The van der Waals surface area contributed by atoms with Crippen molar-refractivity contribution in [1.29, 1.82) is 0 Å². The highest BCUT2D eigenvalue weighted by atomic mass is 35.5. The second kappa shape index (κ2) is 41.7. The van der Waals surface area contributed by atoms with Gasteiger partial charge in [0.1, 0.15) is 80.0 Å². The van der Waals surface area contributed by atoms with Crippen LogP contribution in [0.5, 0.6) is 69.4 Å². The lowest BCUT2D eigenvalue weighted by atomic mass is 10.2. The van der Waals surface area contributed by atoms with Crippen molar-refractivity contribution < 1.29 is 61.7 Å². The first-order valence-electron chi connectivity index (χ1n) is 36.7. The predicted octanol–water partition coefficient (Wildman–Crippen LogP) is 18.0. The summed E-state index contributed by atoms with van der Waals surface area (Å²) in [6.07, 6.45) is 19.8. The number of halogens is 1. The number of ether oxygens (including phenoxy) is 11. The molecule has 0 aliphatic carbocycles. The van der Waals surface area contributed by atoms with Gasteiger partial charge in [0.2, 0.25) is 22.9 Å². The zero-order valence-electron chi connectivity index (χ0n) is 65.2. The van der Waals surface area contributed by atoms with E-state index in [1.807, 2.05) is 187 Å². The largest absolute Gasteiger partial charge is 0.497 e. The number of hydrogen-bond acceptors (Lipinski definition) is 23. The summed E-state index contributed by atoms with van der Waals surface area (Å²) in [5.74, 6) is 8.83. The molecule has 26 heteroatoms. The molecule has 2 amide bonds. The Kier molecular flexibility index (Phi) is 31.2. The monoisotopic (exact) mass is 1530 g/mol. The average Bonchev–Trinajstić information content (AvgIpc) is 1.78. The van der Waals surface area contributed by atoms with Gasteiger partial charge in [0.15, 0.2) is 11.6 Å². The molecule has 6 heterocycles. The fraction of sp³-hybridized carbons (Fsp3) is 0.341. The van der Waals surface area contributed by atoms with Gasteiger partial charge in [-0.25, -0.2) is 24.5 Å². The number of carbonyl (C=O) groups is 2. The van der Waals surface area contributed by atoms with E-state index in [2.05, 4.69) is 57.7 Å². The third-order valence-corrected chi connectivity index (χ3v) is 17.5. The standard InChI is InChI=1S/C30H36N4O5.C25H28N4O3.C21H27ClN4O4.C9H10O/c1-30(2,3)39-29(35)34-18-6-7-22(34)19-31-26-20-32-27(17-10-21-8-11-23(36-4)12-9-21)33-28(26)38-25-15-13-24(37-5)14-16-25;1-30-20-8-5-18(6-9-20)7-14-24-28-17-23(27-16-19-4-3-15-26-19)25(29-24)32-22-12-10-21(31-2)11-13-22;1-21(2,3)30-20(27)26-11-5-6-14(26)12-23-17-13-24-19(22)25-18(17)29-16-9-7-15(28-4)8-10-16;1-3-8-4-6-9(10-2)7-5-8/h8-17,20,22,31H,6-7,18-19H2,1-5H3;5-14,17,19,26-27H,3-4,15-16H2,1-2H3;7-10,13-14,23H,5-6,11-12H2,1-4H3;3-7H,1H2,2H3/t22-;19-;14-;/m000./s1. The van der Waals surface area contributed by atoms with Crippen LogP contribution in [-0.2, 0) is 9.47 Å². The van der Waals surface area contributed by atoms with Crippen molar-refractivity contribution in [2.45, 2.75) is 109 Å². The van der Waals surface area contributed by atoms with E-state index in [1.54, 1.807) is 101 Å². The van der Waals surface area contributed by atoms with E-state index in [-0.39, 0.29) is 29.6 Å². The maximum Gasteiger partial charge on any atom is 0.410 e. The van der Waals surface area contributed by atoms with Crippen LogP contribution in [0.2, 0.25) is 5.28 Å². The molecule has 25 nitrogen and oxygen atoms in total. The van der Waals surface area contributed by atoms with Crippen LogP contribution in [0.3, 0.4) is 0 Å². The zero-order valence-corrected chi connectivity index (χ0v) is 65.9. The number of carbonyl (C=O) groups excluding carboxylic acids is 2. The number of nitrogens with one attached hydrogen (secondary N) is 4. The number of aromatic nitrogens is 6. The van der Waals surface area contributed by atoms with Gasteiger partial charge >= 0.3 is 12.2 Å². The first-order chi connectivity index (χ1) is 53.6. The number of nitrogens with zero attached hydrogens (tertiary/aromatic N) is 8. The minimum Gasteiger partial charge on any atom is -0.497 e. The van der Waals surface area contributed by atoms with Gasteiger partial charge in [-0.3, -0.25) is 0 Å². The van der Waals surface area contributed by atoms with Gasteiger partial charge in [-0.15, -0.1) is 0 Å². The Morgan fingerprint density at radius 2 is 0.766 bits per heavy atom. The molecule has 0 spiro atoms. The first-order valence-corrected chi connectivity index (χ1v) is 37.0. The highest BCUT2D eigenvalue weighted by Gasteiger charge is 2.34. The Balaban J connectivity index is 0.000000181. The Morgan fingerprint density at radius 1 is 0.441 bits per heavy atom. The third kappa shape index (κ3) is 27.1. The summed E-state index contributed by atoms with van der Waals surface area (Å²) < 4.78 is 60.3. The van der Waals surface area contributed by atoms with Gasteiger partial charge in [0.25, 0.3) is 0 Å². The molecule has 9 aromatic rings. The Hall–Kier alpha value is -11.8. The van der Waals surface area contributed by atoms with E-state index < -0.39 is 11.2 Å². The number of methoxy groups -OCH3 is 6. The number of rotatable bonds is 26. The van der Waals surface area contributed by atoms with E-state index in [0.29, 0.717) is 90.1 Å². The topological polar surface area (TPSA) is 268 Å². The molecule has 3 aliphatic rings. The molecule has 0 saturated carbocycles. The summed E-state index contributed by atoms with van der Waals surface area (Å²) >= 11 is 5.96. The van der Waals surface area contributed by atoms with E-state index >= 15 is 0 Å². The molecule has 0 radical (unpaired) electrons. The van der Waals surface area contributed by atoms with E-state index in [4.69, 9.17) is 63.7 Å². The van der Waals surface area contributed by atoms with Gasteiger partial charge in [0.05, 0.1) is 73.3 Å². The van der Waals surface area contributed by atoms with Crippen LogP contribution in [0, 0.1) is 0 Å². The van der Waals surface area contributed by atoms with Crippen LogP contribution in [0.1, 0.15) is 108 Å². The lowest BCUT2D eigenvalue weighted by Crippen LogP contribution is -2.42. The van der Waals surface area contributed by atoms with Crippen molar-refractivity contribution in [3.05, 3.63) is 204 Å². The fourth-order valence-corrected chi connectivity index (χ4v) is 11.6. The first kappa shape index (κ1) is 83.2. The van der Waals surface area contributed by atoms with Crippen LogP contribution in [0.25, 0.3) is 30.4 Å². The summed E-state index contributed by atoms with van der Waals surface area (Å²) in [4.78, 5) is 55.3. The van der Waals surface area contributed by atoms with Crippen LogP contribution < -0.4 is 63.9 Å². The number of likely N-dealkylation sites (tertiary alicyclic amines) is 2. The summed E-state index contributed by atoms with van der Waals surface area (Å²) in [5, 5.41) is 13.7. The minimum atomic E-state index is -0.542. The molecule has 0 bridgehead atoms. The normalized spacial score (nSPS) is 15.1. The number of benzene rings is 6. The average molecular weight is 1530 g/mol. The molecular weight excluding hydrogens is 1430 g/mol.